The predicted octanol–water partition coefficient (Wildman–Crippen LogP) is 3.11. The highest BCUT2D eigenvalue weighted by atomic mass is 32.1. The van der Waals surface area contributed by atoms with Crippen molar-refractivity contribution < 1.29 is 0 Å². The van der Waals surface area contributed by atoms with E-state index in [2.05, 4.69) is 30.3 Å². The van der Waals surface area contributed by atoms with E-state index < -0.39 is 0 Å². The van der Waals surface area contributed by atoms with Crippen LogP contribution in [0.4, 0.5) is 0 Å². The van der Waals surface area contributed by atoms with Gasteiger partial charge in [0.15, 0.2) is 0 Å². The number of hydrogen-bond donors (Lipinski definition) is 0. The monoisotopic (exact) mass is 206 g/mol. The highest BCUT2D eigenvalue weighted by molar-refractivity contribution is 7.09. The van der Waals surface area contributed by atoms with Gasteiger partial charge in [0, 0.05) is 11.8 Å². The van der Waals surface area contributed by atoms with E-state index in [0.29, 0.717) is 5.92 Å². The molecule has 0 atom stereocenters. The Labute approximate surface area is 88.6 Å². The first kappa shape index (κ1) is 9.67. The molecule has 1 fully saturated rings. The molecular weight excluding hydrogens is 192 g/mol. The zero-order chi connectivity index (χ0) is 10.2. The average molecular weight is 206 g/mol. The molecule has 2 nitrogen and oxygen atoms in total. The van der Waals surface area contributed by atoms with Gasteiger partial charge in [0.25, 0.3) is 0 Å². The van der Waals surface area contributed by atoms with Gasteiger partial charge >= 0.3 is 0 Å². The van der Waals surface area contributed by atoms with E-state index in [1.54, 1.807) is 11.3 Å². The zero-order valence-electron chi connectivity index (χ0n) is 8.58. The van der Waals surface area contributed by atoms with Crippen LogP contribution in [0.1, 0.15) is 43.3 Å². The number of nitrogens with zero attached hydrogens (tertiary/aromatic N) is 2. The molecule has 0 radical (unpaired) electrons. The Bertz CT molecular complexity index is 369. The Balaban J connectivity index is 2.08. The molecule has 0 N–H and O–H groups in total. The highest BCUT2D eigenvalue weighted by Gasteiger charge is 2.43. The third-order valence-corrected chi connectivity index (χ3v) is 3.61. The van der Waals surface area contributed by atoms with E-state index in [0.717, 1.165) is 24.3 Å². The predicted molar refractivity (Wildman–Crippen MR) is 57.2 cm³/mol. The SMILES string of the molecule is CC(C)c1csc(CC2(C#N)CC2)n1. The summed E-state index contributed by atoms with van der Waals surface area (Å²) in [6, 6.07) is 2.41. The van der Waals surface area contributed by atoms with Crippen LogP contribution >= 0.6 is 11.3 Å². The van der Waals surface area contributed by atoms with E-state index in [-0.39, 0.29) is 5.41 Å². The van der Waals surface area contributed by atoms with Crippen LogP contribution in [0.3, 0.4) is 0 Å². The van der Waals surface area contributed by atoms with Crippen LogP contribution in [0.5, 0.6) is 0 Å². The molecule has 74 valence electrons. The standard InChI is InChI=1S/C11H14N2S/c1-8(2)9-6-14-10(13-9)5-11(7-12)3-4-11/h6,8H,3-5H2,1-2H3. The zero-order valence-corrected chi connectivity index (χ0v) is 9.40. The van der Waals surface area contributed by atoms with Crippen LogP contribution in [0.2, 0.25) is 0 Å². The van der Waals surface area contributed by atoms with Gasteiger partial charge in [-0.05, 0) is 18.8 Å². The molecule has 0 bridgehead atoms. The van der Waals surface area contributed by atoms with Crippen LogP contribution in [0, 0.1) is 16.7 Å². The molecule has 1 aliphatic carbocycles. The summed E-state index contributed by atoms with van der Waals surface area (Å²) >= 11 is 1.70. The third-order valence-electron chi connectivity index (χ3n) is 2.74. The molecule has 1 aromatic heterocycles. The summed E-state index contributed by atoms with van der Waals surface area (Å²) in [6.07, 6.45) is 2.97. The van der Waals surface area contributed by atoms with Crippen molar-refractivity contribution in [2.45, 2.75) is 39.0 Å². The lowest BCUT2D eigenvalue weighted by atomic mass is 10.1. The molecule has 1 heterocycles. The molecule has 14 heavy (non-hydrogen) atoms. The second-order valence-electron chi connectivity index (χ2n) is 4.39. The number of aromatic nitrogens is 1. The minimum atomic E-state index is -0.0495. The fourth-order valence-electron chi connectivity index (χ4n) is 1.44. The lowest BCUT2D eigenvalue weighted by Crippen LogP contribution is -2.01. The lowest BCUT2D eigenvalue weighted by molar-refractivity contribution is 0.657. The van der Waals surface area contributed by atoms with Gasteiger partial charge in [-0.3, -0.25) is 0 Å². The summed E-state index contributed by atoms with van der Waals surface area (Å²) in [5, 5.41) is 12.2. The van der Waals surface area contributed by atoms with Crippen molar-refractivity contribution in [3.63, 3.8) is 0 Å². The molecule has 3 heteroatoms. The largest absolute Gasteiger partial charge is 0.246 e. The van der Waals surface area contributed by atoms with E-state index in [1.165, 1.54) is 5.69 Å². The first-order valence-electron chi connectivity index (χ1n) is 5.01. The maximum atomic E-state index is 8.96. The van der Waals surface area contributed by atoms with Crippen molar-refractivity contribution in [3.8, 4) is 6.07 Å². The molecule has 0 aliphatic heterocycles. The van der Waals surface area contributed by atoms with Crippen molar-refractivity contribution in [2.75, 3.05) is 0 Å². The lowest BCUT2D eigenvalue weighted by Gasteiger charge is -2.01. The highest BCUT2D eigenvalue weighted by Crippen LogP contribution is 2.48. The van der Waals surface area contributed by atoms with Gasteiger partial charge in [0.05, 0.1) is 22.2 Å². The molecule has 0 saturated heterocycles. The first-order valence-corrected chi connectivity index (χ1v) is 5.89. The van der Waals surface area contributed by atoms with Crippen LogP contribution in [-0.4, -0.2) is 4.98 Å². The number of thiazole rings is 1. The minimum Gasteiger partial charge on any atom is -0.246 e. The normalized spacial score (nSPS) is 18.1. The maximum Gasteiger partial charge on any atom is 0.0944 e. The summed E-state index contributed by atoms with van der Waals surface area (Å²) in [6.45, 7) is 4.30. The van der Waals surface area contributed by atoms with Gasteiger partial charge < -0.3 is 0 Å². The van der Waals surface area contributed by atoms with Gasteiger partial charge in [-0.2, -0.15) is 5.26 Å². The molecule has 1 saturated carbocycles. The smallest absolute Gasteiger partial charge is 0.0944 e. The summed E-state index contributed by atoms with van der Waals surface area (Å²) in [5.74, 6) is 0.497. The van der Waals surface area contributed by atoms with E-state index in [1.807, 2.05) is 0 Å². The molecule has 1 aliphatic rings. The maximum absolute atomic E-state index is 8.96. The summed E-state index contributed by atoms with van der Waals surface area (Å²) in [5.41, 5.74) is 1.12. The Morgan fingerprint density at radius 1 is 1.64 bits per heavy atom. The van der Waals surface area contributed by atoms with Gasteiger partial charge in [-0.1, -0.05) is 13.8 Å². The van der Waals surface area contributed by atoms with Crippen LogP contribution in [0.25, 0.3) is 0 Å². The van der Waals surface area contributed by atoms with Crippen molar-refractivity contribution in [1.82, 2.24) is 4.98 Å². The van der Waals surface area contributed by atoms with Gasteiger partial charge in [-0.25, -0.2) is 4.98 Å². The van der Waals surface area contributed by atoms with Crippen molar-refractivity contribution in [3.05, 3.63) is 16.1 Å². The number of nitriles is 1. The Morgan fingerprint density at radius 2 is 2.36 bits per heavy atom. The van der Waals surface area contributed by atoms with Crippen molar-refractivity contribution in [2.24, 2.45) is 5.41 Å². The molecule has 0 aromatic carbocycles. The average Bonchev–Trinajstić information content (AvgIpc) is 2.75. The topological polar surface area (TPSA) is 36.7 Å². The summed E-state index contributed by atoms with van der Waals surface area (Å²) in [4.78, 5) is 4.55. The fraction of sp³-hybridized carbons (Fsp3) is 0.636. The summed E-state index contributed by atoms with van der Waals surface area (Å²) in [7, 11) is 0. The molecule has 2 rings (SSSR count). The van der Waals surface area contributed by atoms with Crippen LogP contribution < -0.4 is 0 Å². The van der Waals surface area contributed by atoms with E-state index in [9.17, 15) is 0 Å². The van der Waals surface area contributed by atoms with Crippen molar-refractivity contribution in [1.29, 1.82) is 5.26 Å². The molecule has 0 amide bonds. The molecular formula is C11H14N2S. The number of hydrogen-bond acceptors (Lipinski definition) is 3. The first-order chi connectivity index (χ1) is 6.65. The van der Waals surface area contributed by atoms with E-state index in [4.69, 9.17) is 5.26 Å². The van der Waals surface area contributed by atoms with E-state index >= 15 is 0 Å². The van der Waals surface area contributed by atoms with Gasteiger partial charge in [0.1, 0.15) is 0 Å². The van der Waals surface area contributed by atoms with Crippen LogP contribution in [-0.2, 0) is 6.42 Å². The molecule has 0 spiro atoms. The third kappa shape index (κ3) is 1.80. The minimum absolute atomic E-state index is 0.0495. The molecule has 1 aromatic rings. The Hall–Kier alpha value is -0.880. The van der Waals surface area contributed by atoms with Gasteiger partial charge in [0.2, 0.25) is 0 Å². The van der Waals surface area contributed by atoms with Crippen molar-refractivity contribution >= 4 is 11.3 Å². The van der Waals surface area contributed by atoms with Crippen LogP contribution in [0.15, 0.2) is 5.38 Å². The summed E-state index contributed by atoms with van der Waals surface area (Å²) < 4.78 is 0. The Kier molecular flexibility index (Phi) is 2.32. The quantitative estimate of drug-likeness (QED) is 0.762. The Morgan fingerprint density at radius 3 is 2.79 bits per heavy atom. The second kappa shape index (κ2) is 3.36. The van der Waals surface area contributed by atoms with Gasteiger partial charge in [-0.15, -0.1) is 11.3 Å². The second-order valence-corrected chi connectivity index (χ2v) is 5.33. The number of rotatable bonds is 3. The fourth-order valence-corrected chi connectivity index (χ4v) is 2.54. The molecule has 0 unspecified atom stereocenters.